The van der Waals surface area contributed by atoms with E-state index in [-0.39, 0.29) is 5.91 Å². The third kappa shape index (κ3) is 3.22. The number of hydrogen-bond acceptors (Lipinski definition) is 3. The average Bonchev–Trinajstić information content (AvgIpc) is 2.42. The van der Waals surface area contributed by atoms with E-state index in [0.717, 1.165) is 22.5 Å². The number of carbonyl (C=O) groups is 1. The van der Waals surface area contributed by atoms with E-state index in [2.05, 4.69) is 17.4 Å². The average molecular weight is 297 g/mol. The molecule has 2 aromatic rings. The van der Waals surface area contributed by atoms with Gasteiger partial charge in [0, 0.05) is 31.2 Å². The summed E-state index contributed by atoms with van der Waals surface area (Å²) in [6.45, 7) is 6.05. The Bertz CT molecular complexity index is 697. The van der Waals surface area contributed by atoms with Gasteiger partial charge in [-0.3, -0.25) is 4.79 Å². The lowest BCUT2D eigenvalue weighted by Crippen LogP contribution is -2.19. The standard InChI is InChI=1S/C18H23N3O/c1-11-8-12(2)17(13(3)9-11)20-18(22)15-10-14(19)6-7-16(15)21(4)5/h6-10H,19H2,1-5H3,(H,20,22). The van der Waals surface area contributed by atoms with E-state index < -0.39 is 0 Å². The van der Waals surface area contributed by atoms with E-state index in [4.69, 9.17) is 5.73 Å². The summed E-state index contributed by atoms with van der Waals surface area (Å²) in [6, 6.07) is 9.50. The van der Waals surface area contributed by atoms with Crippen molar-refractivity contribution in [3.63, 3.8) is 0 Å². The van der Waals surface area contributed by atoms with Crippen LogP contribution in [0.4, 0.5) is 17.1 Å². The number of nitrogens with one attached hydrogen (secondary N) is 1. The van der Waals surface area contributed by atoms with Gasteiger partial charge in [0.05, 0.1) is 5.56 Å². The highest BCUT2D eigenvalue weighted by Gasteiger charge is 2.15. The predicted octanol–water partition coefficient (Wildman–Crippen LogP) is 3.51. The minimum Gasteiger partial charge on any atom is -0.399 e. The van der Waals surface area contributed by atoms with Gasteiger partial charge in [-0.25, -0.2) is 0 Å². The van der Waals surface area contributed by atoms with Crippen LogP contribution in [0.2, 0.25) is 0 Å². The molecule has 22 heavy (non-hydrogen) atoms. The van der Waals surface area contributed by atoms with E-state index in [1.165, 1.54) is 5.56 Å². The minimum absolute atomic E-state index is 0.147. The zero-order valence-electron chi connectivity index (χ0n) is 13.8. The molecule has 4 heteroatoms. The van der Waals surface area contributed by atoms with Gasteiger partial charge in [-0.2, -0.15) is 0 Å². The monoisotopic (exact) mass is 297 g/mol. The number of amides is 1. The van der Waals surface area contributed by atoms with E-state index >= 15 is 0 Å². The second-order valence-electron chi connectivity index (χ2n) is 5.90. The smallest absolute Gasteiger partial charge is 0.257 e. The molecule has 0 saturated carbocycles. The van der Waals surface area contributed by atoms with Crippen molar-refractivity contribution >= 4 is 23.0 Å². The van der Waals surface area contributed by atoms with E-state index in [0.29, 0.717) is 11.3 Å². The zero-order chi connectivity index (χ0) is 16.4. The lowest BCUT2D eigenvalue weighted by molar-refractivity contribution is 0.102. The number of aryl methyl sites for hydroxylation is 3. The predicted molar refractivity (Wildman–Crippen MR) is 93.8 cm³/mol. The Kier molecular flexibility index (Phi) is 4.40. The van der Waals surface area contributed by atoms with Gasteiger partial charge in [0.15, 0.2) is 0 Å². The summed E-state index contributed by atoms with van der Waals surface area (Å²) in [5, 5.41) is 3.02. The first-order valence-corrected chi connectivity index (χ1v) is 7.25. The molecule has 1 amide bonds. The molecular weight excluding hydrogens is 274 g/mol. The van der Waals surface area contributed by atoms with Gasteiger partial charge in [-0.05, 0) is 50.1 Å². The fraction of sp³-hybridized carbons (Fsp3) is 0.278. The maximum absolute atomic E-state index is 12.7. The maximum Gasteiger partial charge on any atom is 0.257 e. The molecule has 0 aliphatic carbocycles. The second-order valence-corrected chi connectivity index (χ2v) is 5.90. The number of nitrogen functional groups attached to an aromatic ring is 1. The van der Waals surface area contributed by atoms with Crippen molar-refractivity contribution in [3.8, 4) is 0 Å². The Labute approximate surface area is 131 Å². The van der Waals surface area contributed by atoms with Gasteiger partial charge in [0.25, 0.3) is 5.91 Å². The van der Waals surface area contributed by atoms with Crippen LogP contribution in [0.5, 0.6) is 0 Å². The van der Waals surface area contributed by atoms with Crippen LogP contribution in [-0.4, -0.2) is 20.0 Å². The van der Waals surface area contributed by atoms with Gasteiger partial charge in [0.1, 0.15) is 0 Å². The van der Waals surface area contributed by atoms with Crippen molar-refractivity contribution in [1.29, 1.82) is 0 Å². The second kappa shape index (κ2) is 6.10. The number of anilines is 3. The van der Waals surface area contributed by atoms with Crippen molar-refractivity contribution in [1.82, 2.24) is 0 Å². The van der Waals surface area contributed by atoms with Crippen LogP contribution < -0.4 is 16.0 Å². The molecule has 0 aliphatic heterocycles. The van der Waals surface area contributed by atoms with Crippen LogP contribution in [0.1, 0.15) is 27.0 Å². The highest BCUT2D eigenvalue weighted by Crippen LogP contribution is 2.26. The molecule has 0 atom stereocenters. The number of rotatable bonds is 3. The minimum atomic E-state index is -0.147. The van der Waals surface area contributed by atoms with Crippen LogP contribution in [0.3, 0.4) is 0 Å². The van der Waals surface area contributed by atoms with E-state index in [1.54, 1.807) is 12.1 Å². The molecule has 4 nitrogen and oxygen atoms in total. The SMILES string of the molecule is Cc1cc(C)c(NC(=O)c2cc(N)ccc2N(C)C)c(C)c1. The van der Waals surface area contributed by atoms with Gasteiger partial charge in [-0.1, -0.05) is 17.7 Å². The molecule has 2 rings (SSSR count). The lowest BCUT2D eigenvalue weighted by atomic mass is 10.0. The van der Waals surface area contributed by atoms with Crippen molar-refractivity contribution in [2.75, 3.05) is 30.0 Å². The molecule has 0 spiro atoms. The first-order valence-electron chi connectivity index (χ1n) is 7.25. The molecule has 2 aromatic carbocycles. The summed E-state index contributed by atoms with van der Waals surface area (Å²) >= 11 is 0. The van der Waals surface area contributed by atoms with Crippen LogP contribution in [0.25, 0.3) is 0 Å². The Morgan fingerprint density at radius 1 is 1.05 bits per heavy atom. The number of nitrogens with two attached hydrogens (primary N) is 1. The van der Waals surface area contributed by atoms with Crippen LogP contribution in [-0.2, 0) is 0 Å². The number of benzene rings is 2. The molecule has 0 saturated heterocycles. The van der Waals surface area contributed by atoms with Crippen molar-refractivity contribution in [2.24, 2.45) is 0 Å². The summed E-state index contributed by atoms with van der Waals surface area (Å²) in [5.74, 6) is -0.147. The Hall–Kier alpha value is -2.49. The third-order valence-corrected chi connectivity index (χ3v) is 3.66. The van der Waals surface area contributed by atoms with Gasteiger partial charge in [0.2, 0.25) is 0 Å². The Morgan fingerprint density at radius 2 is 1.64 bits per heavy atom. The molecule has 116 valence electrons. The molecule has 0 bridgehead atoms. The number of nitrogens with zero attached hydrogens (tertiary/aromatic N) is 1. The van der Waals surface area contributed by atoms with E-state index in [1.807, 2.05) is 45.8 Å². The van der Waals surface area contributed by atoms with Crippen LogP contribution in [0.15, 0.2) is 30.3 Å². The van der Waals surface area contributed by atoms with Crippen LogP contribution in [0, 0.1) is 20.8 Å². The first-order chi connectivity index (χ1) is 10.3. The molecular formula is C18H23N3O. The number of hydrogen-bond donors (Lipinski definition) is 2. The summed E-state index contributed by atoms with van der Waals surface area (Å²) in [6.07, 6.45) is 0. The molecule has 0 radical (unpaired) electrons. The van der Waals surface area contributed by atoms with Gasteiger partial charge in [-0.15, -0.1) is 0 Å². The van der Waals surface area contributed by atoms with E-state index in [9.17, 15) is 4.79 Å². The fourth-order valence-corrected chi connectivity index (χ4v) is 2.68. The molecule has 0 unspecified atom stereocenters. The zero-order valence-corrected chi connectivity index (χ0v) is 13.8. The number of carbonyl (C=O) groups excluding carboxylic acids is 1. The largest absolute Gasteiger partial charge is 0.399 e. The fourth-order valence-electron chi connectivity index (χ4n) is 2.68. The molecule has 0 aliphatic rings. The Balaban J connectivity index is 2.40. The van der Waals surface area contributed by atoms with Gasteiger partial charge < -0.3 is 16.0 Å². The summed E-state index contributed by atoms with van der Waals surface area (Å²) < 4.78 is 0. The quantitative estimate of drug-likeness (QED) is 0.852. The highest BCUT2D eigenvalue weighted by atomic mass is 16.1. The maximum atomic E-state index is 12.7. The Morgan fingerprint density at radius 3 is 2.18 bits per heavy atom. The van der Waals surface area contributed by atoms with Gasteiger partial charge >= 0.3 is 0 Å². The summed E-state index contributed by atoms with van der Waals surface area (Å²) in [4.78, 5) is 14.6. The topological polar surface area (TPSA) is 58.4 Å². The highest BCUT2D eigenvalue weighted by molar-refractivity contribution is 6.09. The van der Waals surface area contributed by atoms with Crippen molar-refractivity contribution in [2.45, 2.75) is 20.8 Å². The molecule has 0 aromatic heterocycles. The van der Waals surface area contributed by atoms with Crippen LogP contribution >= 0.6 is 0 Å². The molecule has 0 fully saturated rings. The molecule has 0 heterocycles. The summed E-state index contributed by atoms with van der Waals surface area (Å²) in [7, 11) is 3.81. The third-order valence-electron chi connectivity index (χ3n) is 3.66. The summed E-state index contributed by atoms with van der Waals surface area (Å²) in [5.41, 5.74) is 12.0. The molecule has 3 N–H and O–H groups in total. The van der Waals surface area contributed by atoms with Crippen molar-refractivity contribution < 1.29 is 4.79 Å². The lowest BCUT2D eigenvalue weighted by Gasteiger charge is -2.19. The first kappa shape index (κ1) is 15.9. The van der Waals surface area contributed by atoms with Crippen molar-refractivity contribution in [3.05, 3.63) is 52.6 Å². The normalized spacial score (nSPS) is 10.4.